The molecule has 0 saturated heterocycles. The van der Waals surface area contributed by atoms with Crippen LogP contribution in [-0.2, 0) is 29.2 Å². The molecule has 18 nitrogen and oxygen atoms in total. The molecule has 6 rings (SSSR count). The van der Waals surface area contributed by atoms with Gasteiger partial charge in [0, 0.05) is 37.4 Å². The first-order valence-corrected chi connectivity index (χ1v) is 20.6. The van der Waals surface area contributed by atoms with Crippen molar-refractivity contribution in [2.45, 2.75) is 44.9 Å². The van der Waals surface area contributed by atoms with E-state index in [0.717, 1.165) is 32.7 Å². The average Bonchev–Trinajstić information content (AvgIpc) is 3.87. The van der Waals surface area contributed by atoms with Crippen molar-refractivity contribution in [2.24, 2.45) is 0 Å². The highest BCUT2D eigenvalue weighted by Gasteiger charge is 2.39. The molecule has 0 spiro atoms. The molecule has 0 aliphatic rings. The number of sulfonamides is 1. The monoisotopic (exact) mass is 990 g/mol. The van der Waals surface area contributed by atoms with Crippen molar-refractivity contribution in [3.05, 3.63) is 64.4 Å². The number of hydrogen-bond donors (Lipinski definition) is 6. The SMILES string of the molecule is CC(=O)Nc1nc(C)c(-c2cnc(Cl)c(N)c2)s1.CC(=O)Nc1nc(C)c(-c2cnc(Cl)c(NS(=O)(=O)c3cccc4nsnc34)c2)s1.O=C(O)C(F)(F)F.O=C(O)C(F)(F)F. The highest BCUT2D eigenvalue weighted by atomic mass is 35.5. The molecular formula is C32H26Cl2F6N10O8S4. The first kappa shape index (κ1) is 50.5. The molecular weight excluding hydrogens is 966 g/mol. The predicted molar refractivity (Wildman–Crippen MR) is 219 cm³/mol. The smallest absolute Gasteiger partial charge is 0.475 e. The molecule has 0 bridgehead atoms. The van der Waals surface area contributed by atoms with Crippen molar-refractivity contribution in [3.8, 4) is 20.9 Å². The van der Waals surface area contributed by atoms with Crippen LogP contribution >= 0.6 is 57.6 Å². The average molecular weight is 992 g/mol. The molecule has 5 heterocycles. The minimum atomic E-state index is -5.08. The Kier molecular flexibility index (Phi) is 17.0. The van der Waals surface area contributed by atoms with Crippen molar-refractivity contribution >= 4 is 124 Å². The minimum absolute atomic E-state index is 0.00265. The number of aliphatic carboxylic acids is 2. The van der Waals surface area contributed by atoms with Crippen molar-refractivity contribution in [1.82, 2.24) is 28.7 Å². The normalized spacial score (nSPS) is 11.2. The van der Waals surface area contributed by atoms with Crippen molar-refractivity contribution < 1.29 is 64.2 Å². The molecule has 2 amide bonds. The van der Waals surface area contributed by atoms with E-state index in [9.17, 15) is 44.3 Å². The molecule has 332 valence electrons. The third-order valence-electron chi connectivity index (χ3n) is 6.66. The van der Waals surface area contributed by atoms with Crippen LogP contribution in [0.4, 0.5) is 48.0 Å². The summed E-state index contributed by atoms with van der Waals surface area (Å²) in [5.74, 6) is -5.90. The number of halogens is 8. The number of carboxylic acid groups (broad SMARTS) is 2. The highest BCUT2D eigenvalue weighted by Crippen LogP contribution is 2.37. The Morgan fingerprint density at radius 1 is 0.758 bits per heavy atom. The second-order valence-corrected chi connectivity index (χ2v) is 16.4. The van der Waals surface area contributed by atoms with Gasteiger partial charge in [0.15, 0.2) is 20.6 Å². The summed E-state index contributed by atoms with van der Waals surface area (Å²) in [6.45, 7) is 6.48. The van der Waals surface area contributed by atoms with E-state index in [1.165, 1.54) is 48.8 Å². The van der Waals surface area contributed by atoms with E-state index in [1.807, 2.05) is 6.92 Å². The Labute approximate surface area is 366 Å². The summed E-state index contributed by atoms with van der Waals surface area (Å²) >= 11 is 15.5. The lowest BCUT2D eigenvalue weighted by molar-refractivity contribution is -0.193. The summed E-state index contributed by atoms with van der Waals surface area (Å²) in [6.07, 6.45) is -7.01. The maximum atomic E-state index is 13.0. The molecule has 1 aromatic carbocycles. The highest BCUT2D eigenvalue weighted by molar-refractivity contribution is 7.93. The van der Waals surface area contributed by atoms with Gasteiger partial charge < -0.3 is 26.6 Å². The largest absolute Gasteiger partial charge is 0.490 e. The Morgan fingerprint density at radius 3 is 1.65 bits per heavy atom. The van der Waals surface area contributed by atoms with E-state index in [0.29, 0.717) is 32.7 Å². The predicted octanol–water partition coefficient (Wildman–Crippen LogP) is 7.90. The van der Waals surface area contributed by atoms with Gasteiger partial charge >= 0.3 is 24.3 Å². The number of aromatic nitrogens is 6. The number of nitrogens with one attached hydrogen (secondary N) is 3. The van der Waals surface area contributed by atoms with Crippen LogP contribution in [-0.4, -0.2) is 83.4 Å². The van der Waals surface area contributed by atoms with E-state index >= 15 is 0 Å². The lowest BCUT2D eigenvalue weighted by Gasteiger charge is -2.11. The van der Waals surface area contributed by atoms with Crippen LogP contribution in [0, 0.1) is 13.8 Å². The van der Waals surface area contributed by atoms with Gasteiger partial charge in [-0.25, -0.2) is 37.9 Å². The van der Waals surface area contributed by atoms with E-state index in [4.69, 9.17) is 48.7 Å². The molecule has 0 aliphatic heterocycles. The summed E-state index contributed by atoms with van der Waals surface area (Å²) in [4.78, 5) is 58.3. The number of nitrogen functional groups attached to an aromatic ring is 1. The van der Waals surface area contributed by atoms with Crippen molar-refractivity contribution in [2.75, 3.05) is 21.1 Å². The number of alkyl halides is 6. The summed E-state index contributed by atoms with van der Waals surface area (Å²) in [7, 11) is -3.99. The molecule has 30 heteroatoms. The number of carboxylic acids is 2. The number of carbonyl (C=O) groups excluding carboxylic acids is 2. The second kappa shape index (κ2) is 20.8. The quantitative estimate of drug-likeness (QED) is 0.0655. The van der Waals surface area contributed by atoms with Crippen LogP contribution in [0.25, 0.3) is 31.9 Å². The Balaban J connectivity index is 0.000000269. The molecule has 0 fully saturated rings. The zero-order valence-electron chi connectivity index (χ0n) is 31.3. The van der Waals surface area contributed by atoms with Crippen LogP contribution in [0.2, 0.25) is 10.3 Å². The topological polar surface area (TPSA) is 282 Å². The van der Waals surface area contributed by atoms with Gasteiger partial charge in [-0.1, -0.05) is 51.9 Å². The van der Waals surface area contributed by atoms with Crippen LogP contribution < -0.4 is 21.1 Å². The van der Waals surface area contributed by atoms with Gasteiger partial charge in [0.25, 0.3) is 10.0 Å². The molecule has 0 unspecified atom stereocenters. The number of benzene rings is 1. The fourth-order valence-electron chi connectivity index (χ4n) is 4.17. The summed E-state index contributed by atoms with van der Waals surface area (Å²) in [6, 6.07) is 8.05. The van der Waals surface area contributed by atoms with E-state index < -0.39 is 34.3 Å². The lowest BCUT2D eigenvalue weighted by atomic mass is 10.2. The van der Waals surface area contributed by atoms with Crippen LogP contribution in [0.15, 0.2) is 47.6 Å². The van der Waals surface area contributed by atoms with Gasteiger partial charge in [-0.2, -0.15) is 35.1 Å². The fourth-order valence-corrected chi connectivity index (χ4v) is 8.29. The zero-order chi connectivity index (χ0) is 46.9. The van der Waals surface area contributed by atoms with Gasteiger partial charge in [0.2, 0.25) is 11.8 Å². The zero-order valence-corrected chi connectivity index (χ0v) is 36.1. The minimum Gasteiger partial charge on any atom is -0.475 e. The maximum absolute atomic E-state index is 13.0. The number of hydrogen-bond acceptors (Lipinski definition) is 16. The lowest BCUT2D eigenvalue weighted by Crippen LogP contribution is -2.21. The number of thiazole rings is 2. The van der Waals surface area contributed by atoms with Gasteiger partial charge in [-0.15, -0.1) is 0 Å². The number of amides is 2. The fraction of sp³-hybridized carbons (Fsp3) is 0.188. The number of rotatable bonds is 7. The van der Waals surface area contributed by atoms with Crippen molar-refractivity contribution in [1.29, 1.82) is 0 Å². The summed E-state index contributed by atoms with van der Waals surface area (Å²) in [5.41, 5.74) is 9.95. The number of anilines is 4. The van der Waals surface area contributed by atoms with Crippen LogP contribution in [0.5, 0.6) is 0 Å². The first-order chi connectivity index (χ1) is 28.6. The van der Waals surface area contributed by atoms with Gasteiger partial charge in [0.1, 0.15) is 15.9 Å². The summed E-state index contributed by atoms with van der Waals surface area (Å²) < 4.78 is 100. The van der Waals surface area contributed by atoms with E-state index in [2.05, 4.69) is 44.0 Å². The van der Waals surface area contributed by atoms with Crippen LogP contribution in [0.3, 0.4) is 0 Å². The molecule has 0 aliphatic carbocycles. The second-order valence-electron chi connectivity index (χ2n) is 11.5. The molecule has 0 saturated carbocycles. The summed E-state index contributed by atoms with van der Waals surface area (Å²) in [5, 5.41) is 20.8. The van der Waals surface area contributed by atoms with Gasteiger partial charge in [0.05, 0.1) is 44.2 Å². The Bertz CT molecular complexity index is 2710. The standard InChI is InChI=1S/C17H13ClN6O3S3.C11H11ClN4OS.2C2HF3O2/c1-8-15(28-17(20-8)21-9(2)25)10-6-12(16(18)19-7-10)24-30(26,27)13-5-3-4-11-14(13)23-29-22-11;1-5-9(18-11(15-5)16-6(2)17)7-3-8(13)10(12)14-4-7;2*3-2(4,5)1(6)7/h3-7,24H,1-2H3,(H,20,21,25);3-4H,13H2,1-2H3,(H,15,16,17);2*(H,6,7). The third-order valence-corrected chi connectivity index (χ3v) is 11.5. The molecule has 6 aromatic rings. The molecule has 0 radical (unpaired) electrons. The number of carbonyl (C=O) groups is 4. The molecule has 5 aromatic heterocycles. The third kappa shape index (κ3) is 14.4. The Hall–Kier alpha value is -5.81. The van der Waals surface area contributed by atoms with E-state index in [1.54, 1.807) is 37.4 Å². The maximum Gasteiger partial charge on any atom is 0.490 e. The van der Waals surface area contributed by atoms with Crippen LogP contribution in [0.1, 0.15) is 25.2 Å². The van der Waals surface area contributed by atoms with Gasteiger partial charge in [-0.3, -0.25) is 14.3 Å². The molecule has 7 N–H and O–H groups in total. The number of aryl methyl sites for hydroxylation is 2. The Morgan fingerprint density at radius 2 is 1.21 bits per heavy atom. The van der Waals surface area contributed by atoms with Crippen molar-refractivity contribution in [3.63, 3.8) is 0 Å². The number of pyridine rings is 2. The molecule has 62 heavy (non-hydrogen) atoms. The van der Waals surface area contributed by atoms with E-state index in [-0.39, 0.29) is 38.2 Å². The number of nitrogens with zero attached hydrogens (tertiary/aromatic N) is 6. The number of fused-ring (bicyclic) bond motifs is 1. The number of nitrogens with two attached hydrogens (primary N) is 1. The van der Waals surface area contributed by atoms with Gasteiger partial charge in [-0.05, 0) is 38.1 Å². The first-order valence-electron chi connectivity index (χ1n) is 16.0. The molecule has 0 atom stereocenters.